The van der Waals surface area contributed by atoms with Crippen LogP contribution < -0.4 is 20.5 Å². The molecule has 0 amide bonds. The summed E-state index contributed by atoms with van der Waals surface area (Å²) in [6, 6.07) is 2.58. The Hall–Kier alpha value is -0.990. The summed E-state index contributed by atoms with van der Waals surface area (Å²) in [5.74, 6) is 0.910. The van der Waals surface area contributed by atoms with E-state index in [4.69, 9.17) is 15.2 Å². The van der Waals surface area contributed by atoms with Crippen LogP contribution in [0, 0.1) is 0 Å². The summed E-state index contributed by atoms with van der Waals surface area (Å²) in [6.07, 6.45) is -4.30. The van der Waals surface area contributed by atoms with E-state index in [1.807, 2.05) is 0 Å². The van der Waals surface area contributed by atoms with Crippen molar-refractivity contribution in [3.05, 3.63) is 22.2 Å². The molecule has 1 aromatic rings. The van der Waals surface area contributed by atoms with Gasteiger partial charge in [-0.05, 0) is 17.7 Å². The molecule has 114 valence electrons. The lowest BCUT2D eigenvalue weighted by molar-refractivity contribution is -0.126. The molecule has 0 aliphatic heterocycles. The van der Waals surface area contributed by atoms with Crippen molar-refractivity contribution in [3.63, 3.8) is 0 Å². The van der Waals surface area contributed by atoms with Gasteiger partial charge in [-0.15, -0.1) is 0 Å². The van der Waals surface area contributed by atoms with Gasteiger partial charge < -0.3 is 20.5 Å². The summed E-state index contributed by atoms with van der Waals surface area (Å²) < 4.78 is 47.7. The molecule has 0 radical (unpaired) electrons. The molecule has 0 spiro atoms. The standard InChI is InChI=1S/C12H16BrF3N2O2/c1-19-10-3-7(8(13)4-11(10)20-2)9(5-17)18-6-12(14,15)16/h3-4,9,18H,5-6,17H2,1-2H3. The van der Waals surface area contributed by atoms with E-state index in [0.29, 0.717) is 21.5 Å². The first-order valence-corrected chi connectivity index (χ1v) is 6.53. The van der Waals surface area contributed by atoms with Crippen LogP contribution >= 0.6 is 15.9 Å². The van der Waals surface area contributed by atoms with E-state index in [9.17, 15) is 13.2 Å². The SMILES string of the molecule is COc1cc(Br)c(C(CN)NCC(F)(F)F)cc1OC. The second kappa shape index (κ2) is 7.14. The number of hydrogen-bond donors (Lipinski definition) is 2. The molecule has 1 unspecified atom stereocenters. The average molecular weight is 357 g/mol. The molecule has 0 saturated carbocycles. The maximum atomic E-state index is 12.3. The van der Waals surface area contributed by atoms with Gasteiger partial charge in [-0.1, -0.05) is 15.9 Å². The third kappa shape index (κ3) is 4.53. The van der Waals surface area contributed by atoms with E-state index in [1.165, 1.54) is 14.2 Å². The highest BCUT2D eigenvalue weighted by atomic mass is 79.9. The highest BCUT2D eigenvalue weighted by Crippen LogP contribution is 2.36. The molecule has 0 saturated heterocycles. The fourth-order valence-electron chi connectivity index (χ4n) is 1.70. The van der Waals surface area contributed by atoms with Gasteiger partial charge in [0, 0.05) is 17.1 Å². The monoisotopic (exact) mass is 356 g/mol. The summed E-state index contributed by atoms with van der Waals surface area (Å²) in [6.45, 7) is -1.10. The minimum Gasteiger partial charge on any atom is -0.493 e. The molecule has 0 heterocycles. The predicted octanol–water partition coefficient (Wildman–Crippen LogP) is 2.62. The van der Waals surface area contributed by atoms with E-state index in [2.05, 4.69) is 21.2 Å². The van der Waals surface area contributed by atoms with Gasteiger partial charge in [-0.3, -0.25) is 0 Å². The number of alkyl halides is 3. The van der Waals surface area contributed by atoms with Crippen LogP contribution in [0.25, 0.3) is 0 Å². The highest BCUT2D eigenvalue weighted by molar-refractivity contribution is 9.10. The number of hydrogen-bond acceptors (Lipinski definition) is 4. The predicted molar refractivity (Wildman–Crippen MR) is 73.1 cm³/mol. The van der Waals surface area contributed by atoms with E-state index in [1.54, 1.807) is 12.1 Å². The van der Waals surface area contributed by atoms with Crippen LogP contribution in [0.15, 0.2) is 16.6 Å². The lowest BCUT2D eigenvalue weighted by atomic mass is 10.1. The number of benzene rings is 1. The Labute approximate surface area is 123 Å². The zero-order chi connectivity index (χ0) is 15.3. The maximum absolute atomic E-state index is 12.3. The first kappa shape index (κ1) is 17.1. The Morgan fingerprint density at radius 2 is 1.80 bits per heavy atom. The zero-order valence-corrected chi connectivity index (χ0v) is 12.6. The number of halogens is 4. The number of nitrogens with one attached hydrogen (secondary N) is 1. The molecule has 1 atom stereocenters. The van der Waals surface area contributed by atoms with Gasteiger partial charge in [0.05, 0.1) is 20.8 Å². The highest BCUT2D eigenvalue weighted by Gasteiger charge is 2.29. The molecular weight excluding hydrogens is 341 g/mol. The lowest BCUT2D eigenvalue weighted by Gasteiger charge is -2.21. The van der Waals surface area contributed by atoms with Crippen molar-refractivity contribution >= 4 is 15.9 Å². The number of ether oxygens (including phenoxy) is 2. The Kier molecular flexibility index (Phi) is 6.09. The Morgan fingerprint density at radius 3 is 2.25 bits per heavy atom. The molecule has 0 aliphatic carbocycles. The van der Waals surface area contributed by atoms with Crippen molar-refractivity contribution in [2.75, 3.05) is 27.3 Å². The first-order chi connectivity index (χ1) is 9.32. The molecule has 4 nitrogen and oxygen atoms in total. The average Bonchev–Trinajstić information content (AvgIpc) is 2.39. The normalized spacial score (nSPS) is 13.2. The van der Waals surface area contributed by atoms with Crippen molar-refractivity contribution < 1.29 is 22.6 Å². The minimum atomic E-state index is -4.30. The second-order valence-electron chi connectivity index (χ2n) is 4.01. The van der Waals surface area contributed by atoms with Crippen molar-refractivity contribution in [1.82, 2.24) is 5.32 Å². The first-order valence-electron chi connectivity index (χ1n) is 5.74. The van der Waals surface area contributed by atoms with Crippen LogP contribution in [0.1, 0.15) is 11.6 Å². The summed E-state index contributed by atoms with van der Waals surface area (Å²) in [7, 11) is 2.93. The Balaban J connectivity index is 3.03. The lowest BCUT2D eigenvalue weighted by Crippen LogP contribution is -2.35. The molecular formula is C12H16BrF3N2O2. The molecule has 20 heavy (non-hydrogen) atoms. The number of methoxy groups -OCH3 is 2. The number of nitrogens with two attached hydrogens (primary N) is 1. The van der Waals surface area contributed by atoms with E-state index >= 15 is 0 Å². The molecule has 1 aromatic carbocycles. The summed E-state index contributed by atoms with van der Waals surface area (Å²) in [4.78, 5) is 0. The van der Waals surface area contributed by atoms with Crippen LogP contribution in [0.4, 0.5) is 13.2 Å². The van der Waals surface area contributed by atoms with Crippen molar-refractivity contribution in [2.45, 2.75) is 12.2 Å². The fourth-order valence-corrected chi connectivity index (χ4v) is 2.29. The third-order valence-electron chi connectivity index (χ3n) is 2.66. The summed E-state index contributed by atoms with van der Waals surface area (Å²) in [5.41, 5.74) is 6.12. The van der Waals surface area contributed by atoms with Crippen LogP contribution in [0.2, 0.25) is 0 Å². The summed E-state index contributed by atoms with van der Waals surface area (Å²) in [5, 5.41) is 2.38. The van der Waals surface area contributed by atoms with Gasteiger partial charge in [0.15, 0.2) is 11.5 Å². The molecule has 1 rings (SSSR count). The molecule has 0 fully saturated rings. The van der Waals surface area contributed by atoms with Crippen LogP contribution in [0.3, 0.4) is 0 Å². The molecule has 0 bridgehead atoms. The van der Waals surface area contributed by atoms with Crippen molar-refractivity contribution in [2.24, 2.45) is 5.73 Å². The van der Waals surface area contributed by atoms with Gasteiger partial charge in [-0.2, -0.15) is 13.2 Å². The smallest absolute Gasteiger partial charge is 0.401 e. The quantitative estimate of drug-likeness (QED) is 0.822. The summed E-state index contributed by atoms with van der Waals surface area (Å²) >= 11 is 3.30. The molecule has 0 aromatic heterocycles. The molecule has 0 aliphatic rings. The van der Waals surface area contributed by atoms with Crippen molar-refractivity contribution in [3.8, 4) is 11.5 Å². The second-order valence-corrected chi connectivity index (χ2v) is 4.87. The fraction of sp³-hybridized carbons (Fsp3) is 0.500. The van der Waals surface area contributed by atoms with Gasteiger partial charge in [0.2, 0.25) is 0 Å². The van der Waals surface area contributed by atoms with Crippen LogP contribution in [0.5, 0.6) is 11.5 Å². The van der Waals surface area contributed by atoms with Gasteiger partial charge in [0.1, 0.15) is 0 Å². The third-order valence-corrected chi connectivity index (χ3v) is 3.35. The largest absolute Gasteiger partial charge is 0.493 e. The Bertz CT molecular complexity index is 455. The maximum Gasteiger partial charge on any atom is 0.401 e. The van der Waals surface area contributed by atoms with E-state index in [-0.39, 0.29) is 6.54 Å². The van der Waals surface area contributed by atoms with Crippen molar-refractivity contribution in [1.29, 1.82) is 0 Å². The molecule has 8 heteroatoms. The van der Waals surface area contributed by atoms with Gasteiger partial charge in [-0.25, -0.2) is 0 Å². The number of rotatable bonds is 6. The molecule has 3 N–H and O–H groups in total. The van der Waals surface area contributed by atoms with E-state index < -0.39 is 18.8 Å². The zero-order valence-electron chi connectivity index (χ0n) is 11.1. The Morgan fingerprint density at radius 1 is 1.25 bits per heavy atom. The van der Waals surface area contributed by atoms with Gasteiger partial charge in [0.25, 0.3) is 0 Å². The van der Waals surface area contributed by atoms with Crippen LogP contribution in [-0.2, 0) is 0 Å². The van der Waals surface area contributed by atoms with E-state index in [0.717, 1.165) is 0 Å². The van der Waals surface area contributed by atoms with Gasteiger partial charge >= 0.3 is 6.18 Å². The van der Waals surface area contributed by atoms with Crippen LogP contribution in [-0.4, -0.2) is 33.5 Å². The minimum absolute atomic E-state index is 0.0180. The topological polar surface area (TPSA) is 56.5 Å².